The zero-order valence-corrected chi connectivity index (χ0v) is 17.3. The highest BCUT2D eigenvalue weighted by molar-refractivity contribution is 7.89. The number of phenols is 1. The van der Waals surface area contributed by atoms with Gasteiger partial charge < -0.3 is 15.2 Å². The number of hydrogen-bond acceptors (Lipinski definition) is 6. The minimum absolute atomic E-state index is 0.0369. The number of anilines is 1. The molecule has 29 heavy (non-hydrogen) atoms. The maximum atomic E-state index is 12.6. The van der Waals surface area contributed by atoms with Crippen LogP contribution in [0.5, 0.6) is 5.75 Å². The fourth-order valence-corrected chi connectivity index (χ4v) is 4.17. The third kappa shape index (κ3) is 5.55. The summed E-state index contributed by atoms with van der Waals surface area (Å²) in [6.07, 6.45) is 0. The van der Waals surface area contributed by atoms with Crippen molar-refractivity contribution in [3.8, 4) is 5.75 Å². The summed E-state index contributed by atoms with van der Waals surface area (Å²) in [6, 6.07) is 10.3. The summed E-state index contributed by atoms with van der Waals surface area (Å²) < 4.78 is 31.4. The van der Waals surface area contributed by atoms with E-state index in [0.29, 0.717) is 13.1 Å². The second kappa shape index (κ2) is 9.53. The summed E-state index contributed by atoms with van der Waals surface area (Å²) in [7, 11) is -3.66. The van der Waals surface area contributed by atoms with Crippen LogP contribution < -0.4 is 5.32 Å². The molecular weight excluding hydrogens is 396 g/mol. The molecule has 0 fully saturated rings. The number of sulfonamides is 1. The van der Waals surface area contributed by atoms with Crippen molar-refractivity contribution in [1.29, 1.82) is 0 Å². The Morgan fingerprint density at radius 2 is 1.79 bits per heavy atom. The van der Waals surface area contributed by atoms with Gasteiger partial charge >= 0.3 is 5.97 Å². The molecule has 0 aliphatic carbocycles. The van der Waals surface area contributed by atoms with Crippen LogP contribution in [-0.2, 0) is 19.6 Å². The lowest BCUT2D eigenvalue weighted by molar-refractivity contribution is -0.119. The van der Waals surface area contributed by atoms with E-state index in [1.807, 2.05) is 0 Å². The second-order valence-electron chi connectivity index (χ2n) is 6.26. The zero-order chi connectivity index (χ0) is 21.6. The van der Waals surface area contributed by atoms with Crippen molar-refractivity contribution in [2.75, 3.05) is 25.0 Å². The molecule has 2 aromatic rings. The van der Waals surface area contributed by atoms with E-state index in [2.05, 4.69) is 5.32 Å². The Hall–Kier alpha value is -2.91. The van der Waals surface area contributed by atoms with Crippen molar-refractivity contribution in [1.82, 2.24) is 4.31 Å². The van der Waals surface area contributed by atoms with Gasteiger partial charge in [0.1, 0.15) is 11.3 Å². The summed E-state index contributed by atoms with van der Waals surface area (Å²) >= 11 is 0. The molecule has 8 nitrogen and oxygen atoms in total. The molecule has 0 heterocycles. The molecule has 156 valence electrons. The van der Waals surface area contributed by atoms with Crippen LogP contribution in [0.4, 0.5) is 5.69 Å². The molecular formula is C20H24N2O6S. The maximum Gasteiger partial charge on any atom is 0.342 e. The highest BCUT2D eigenvalue weighted by Gasteiger charge is 2.22. The van der Waals surface area contributed by atoms with Gasteiger partial charge in [-0.2, -0.15) is 4.31 Å². The SMILES string of the molecule is CCN(CC)S(=O)(=O)c1cccc(NC(=O)COC(=O)c2cc(C)ccc2O)c1. The number of aromatic hydroxyl groups is 1. The van der Waals surface area contributed by atoms with Crippen molar-refractivity contribution in [2.24, 2.45) is 0 Å². The van der Waals surface area contributed by atoms with Gasteiger partial charge in [-0.25, -0.2) is 13.2 Å². The number of hydrogen-bond donors (Lipinski definition) is 2. The Labute approximate surface area is 170 Å². The Bertz CT molecular complexity index is 1000. The average Bonchev–Trinajstić information content (AvgIpc) is 2.69. The molecule has 0 unspecified atom stereocenters. The predicted octanol–water partition coefficient (Wildman–Crippen LogP) is 2.53. The van der Waals surface area contributed by atoms with Gasteiger partial charge in [-0.15, -0.1) is 0 Å². The van der Waals surface area contributed by atoms with E-state index in [1.165, 1.54) is 40.7 Å². The van der Waals surface area contributed by atoms with Crippen LogP contribution in [0.1, 0.15) is 29.8 Å². The van der Waals surface area contributed by atoms with Gasteiger partial charge in [0.25, 0.3) is 5.91 Å². The molecule has 0 aromatic heterocycles. The Morgan fingerprint density at radius 3 is 2.45 bits per heavy atom. The summed E-state index contributed by atoms with van der Waals surface area (Å²) in [5.74, 6) is -1.71. The summed E-state index contributed by atoms with van der Waals surface area (Å²) in [4.78, 5) is 24.2. The van der Waals surface area contributed by atoms with Crippen LogP contribution in [0, 0.1) is 6.92 Å². The van der Waals surface area contributed by atoms with Crippen LogP contribution in [0.15, 0.2) is 47.4 Å². The molecule has 0 bridgehead atoms. The first-order valence-electron chi connectivity index (χ1n) is 9.05. The molecule has 0 atom stereocenters. The first-order chi connectivity index (χ1) is 13.7. The molecule has 2 aromatic carbocycles. The van der Waals surface area contributed by atoms with Crippen molar-refractivity contribution in [3.63, 3.8) is 0 Å². The molecule has 0 aliphatic rings. The Morgan fingerprint density at radius 1 is 1.10 bits per heavy atom. The number of ether oxygens (including phenoxy) is 1. The lowest BCUT2D eigenvalue weighted by Gasteiger charge is -2.18. The van der Waals surface area contributed by atoms with Crippen molar-refractivity contribution >= 4 is 27.6 Å². The number of aryl methyl sites for hydroxylation is 1. The standard InChI is InChI=1S/C20H24N2O6S/c1-4-22(5-2)29(26,27)16-8-6-7-15(12-16)21-19(24)13-28-20(25)17-11-14(3)9-10-18(17)23/h6-12,23H,4-5,13H2,1-3H3,(H,21,24). The maximum absolute atomic E-state index is 12.6. The molecule has 9 heteroatoms. The van der Waals surface area contributed by atoms with E-state index in [1.54, 1.807) is 26.8 Å². The number of nitrogens with zero attached hydrogens (tertiary/aromatic N) is 1. The number of phenolic OH excluding ortho intramolecular Hbond substituents is 1. The molecule has 0 radical (unpaired) electrons. The van der Waals surface area contributed by atoms with Crippen LogP contribution in [-0.4, -0.2) is 49.4 Å². The lowest BCUT2D eigenvalue weighted by Crippen LogP contribution is -2.30. The number of amides is 1. The summed E-state index contributed by atoms with van der Waals surface area (Å²) in [6.45, 7) is 5.32. The van der Waals surface area contributed by atoms with Crippen LogP contribution in [0.3, 0.4) is 0 Å². The molecule has 1 amide bonds. The minimum atomic E-state index is -3.66. The topological polar surface area (TPSA) is 113 Å². The van der Waals surface area contributed by atoms with Gasteiger partial charge in [0, 0.05) is 18.8 Å². The van der Waals surface area contributed by atoms with Gasteiger partial charge in [-0.1, -0.05) is 31.5 Å². The first-order valence-corrected chi connectivity index (χ1v) is 10.5. The van der Waals surface area contributed by atoms with E-state index < -0.39 is 28.5 Å². The van der Waals surface area contributed by atoms with Crippen LogP contribution in [0.2, 0.25) is 0 Å². The van der Waals surface area contributed by atoms with Gasteiger partial charge in [0.05, 0.1) is 4.90 Å². The fourth-order valence-electron chi connectivity index (χ4n) is 2.67. The third-order valence-electron chi connectivity index (χ3n) is 4.17. The number of esters is 1. The van der Waals surface area contributed by atoms with Crippen LogP contribution in [0.25, 0.3) is 0 Å². The van der Waals surface area contributed by atoms with E-state index in [4.69, 9.17) is 4.74 Å². The summed E-state index contributed by atoms with van der Waals surface area (Å²) in [5, 5.41) is 12.2. The second-order valence-corrected chi connectivity index (χ2v) is 8.20. The third-order valence-corrected chi connectivity index (χ3v) is 6.21. The predicted molar refractivity (Wildman–Crippen MR) is 108 cm³/mol. The number of rotatable bonds is 8. The number of nitrogens with one attached hydrogen (secondary N) is 1. The smallest absolute Gasteiger partial charge is 0.342 e. The van der Waals surface area contributed by atoms with Gasteiger partial charge in [-0.3, -0.25) is 4.79 Å². The van der Waals surface area contributed by atoms with E-state index >= 15 is 0 Å². The molecule has 0 aliphatic heterocycles. The van der Waals surface area contributed by atoms with Crippen LogP contribution >= 0.6 is 0 Å². The molecule has 0 saturated heterocycles. The van der Waals surface area contributed by atoms with Crippen molar-refractivity contribution in [3.05, 3.63) is 53.6 Å². The number of carbonyl (C=O) groups is 2. The van der Waals surface area contributed by atoms with E-state index in [9.17, 15) is 23.1 Å². The number of carbonyl (C=O) groups excluding carboxylic acids is 2. The van der Waals surface area contributed by atoms with Crippen molar-refractivity contribution < 1.29 is 27.9 Å². The highest BCUT2D eigenvalue weighted by Crippen LogP contribution is 2.20. The average molecular weight is 420 g/mol. The monoisotopic (exact) mass is 420 g/mol. The molecule has 2 N–H and O–H groups in total. The zero-order valence-electron chi connectivity index (χ0n) is 16.5. The van der Waals surface area contributed by atoms with E-state index in [-0.39, 0.29) is 21.9 Å². The van der Waals surface area contributed by atoms with Gasteiger partial charge in [0.15, 0.2) is 6.61 Å². The summed E-state index contributed by atoms with van der Waals surface area (Å²) in [5.41, 5.74) is 0.980. The Balaban J connectivity index is 2.04. The highest BCUT2D eigenvalue weighted by atomic mass is 32.2. The normalized spacial score (nSPS) is 11.3. The van der Waals surface area contributed by atoms with Gasteiger partial charge in [-0.05, 0) is 37.3 Å². The van der Waals surface area contributed by atoms with Crippen molar-refractivity contribution in [2.45, 2.75) is 25.7 Å². The molecule has 0 spiro atoms. The van der Waals surface area contributed by atoms with E-state index in [0.717, 1.165) is 5.56 Å². The molecule has 0 saturated carbocycles. The quantitative estimate of drug-likeness (QED) is 0.635. The largest absolute Gasteiger partial charge is 0.507 e. The first kappa shape index (κ1) is 22.4. The molecule has 2 rings (SSSR count). The fraction of sp³-hybridized carbons (Fsp3) is 0.300. The van der Waals surface area contributed by atoms with Gasteiger partial charge in [0.2, 0.25) is 10.0 Å². The lowest BCUT2D eigenvalue weighted by atomic mass is 10.1. The minimum Gasteiger partial charge on any atom is -0.507 e. The Kier molecular flexibility index (Phi) is 7.35. The number of benzene rings is 2.